The summed E-state index contributed by atoms with van der Waals surface area (Å²) in [5.41, 5.74) is 0. The lowest BCUT2D eigenvalue weighted by Gasteiger charge is -2.18. The molecule has 0 aliphatic heterocycles. The van der Waals surface area contributed by atoms with Gasteiger partial charge in [-0.2, -0.15) is 0 Å². The summed E-state index contributed by atoms with van der Waals surface area (Å²) >= 11 is 0. The molecule has 63 heavy (non-hydrogen) atoms. The first-order chi connectivity index (χ1) is 30.9. The van der Waals surface area contributed by atoms with Crippen molar-refractivity contribution in [3.8, 4) is 0 Å². The zero-order valence-corrected chi connectivity index (χ0v) is 43.0. The predicted molar refractivity (Wildman–Crippen MR) is 270 cm³/mol. The Labute approximate surface area is 393 Å². The van der Waals surface area contributed by atoms with Gasteiger partial charge in [-0.3, -0.25) is 14.4 Å². The summed E-state index contributed by atoms with van der Waals surface area (Å²) in [7, 11) is 0. The van der Waals surface area contributed by atoms with Gasteiger partial charge in [0, 0.05) is 19.3 Å². The van der Waals surface area contributed by atoms with Gasteiger partial charge in [-0.25, -0.2) is 0 Å². The van der Waals surface area contributed by atoms with E-state index in [0.29, 0.717) is 19.3 Å². The zero-order chi connectivity index (χ0) is 45.9. The van der Waals surface area contributed by atoms with Gasteiger partial charge in [0.2, 0.25) is 0 Å². The second-order valence-electron chi connectivity index (χ2n) is 19.8. The van der Waals surface area contributed by atoms with E-state index in [1.807, 2.05) is 0 Å². The smallest absolute Gasteiger partial charge is 0.306 e. The van der Waals surface area contributed by atoms with Gasteiger partial charge in [0.1, 0.15) is 13.2 Å². The zero-order valence-electron chi connectivity index (χ0n) is 43.0. The van der Waals surface area contributed by atoms with Crippen LogP contribution in [0, 0.1) is 5.92 Å². The Kier molecular flexibility index (Phi) is 50.1. The fourth-order valence-corrected chi connectivity index (χ4v) is 8.72. The average Bonchev–Trinajstić information content (AvgIpc) is 3.28. The molecule has 374 valence electrons. The molecule has 0 amide bonds. The second-order valence-corrected chi connectivity index (χ2v) is 19.8. The summed E-state index contributed by atoms with van der Waals surface area (Å²) in [5.74, 6) is 0.0300. The van der Waals surface area contributed by atoms with Crippen molar-refractivity contribution in [1.82, 2.24) is 0 Å². The Balaban J connectivity index is 4.30. The highest BCUT2D eigenvalue weighted by atomic mass is 16.6. The summed E-state index contributed by atoms with van der Waals surface area (Å²) in [5, 5.41) is 0. The van der Waals surface area contributed by atoms with Gasteiger partial charge in [0.25, 0.3) is 0 Å². The van der Waals surface area contributed by atoms with Crippen molar-refractivity contribution in [3.63, 3.8) is 0 Å². The van der Waals surface area contributed by atoms with Crippen LogP contribution in [-0.2, 0) is 28.6 Å². The van der Waals surface area contributed by atoms with Crippen LogP contribution in [0.15, 0.2) is 0 Å². The van der Waals surface area contributed by atoms with Crippen LogP contribution in [0.5, 0.6) is 0 Å². The molecule has 0 aliphatic carbocycles. The van der Waals surface area contributed by atoms with Crippen molar-refractivity contribution in [3.05, 3.63) is 0 Å². The van der Waals surface area contributed by atoms with E-state index in [4.69, 9.17) is 14.2 Å². The number of hydrogen-bond acceptors (Lipinski definition) is 6. The molecule has 0 aromatic rings. The van der Waals surface area contributed by atoms with Crippen molar-refractivity contribution in [1.29, 1.82) is 0 Å². The van der Waals surface area contributed by atoms with Gasteiger partial charge in [-0.1, -0.05) is 285 Å². The van der Waals surface area contributed by atoms with E-state index in [1.54, 1.807) is 0 Å². The molecule has 0 rings (SSSR count). The molecule has 0 saturated heterocycles. The van der Waals surface area contributed by atoms with E-state index in [9.17, 15) is 14.4 Å². The Morgan fingerprint density at radius 1 is 0.317 bits per heavy atom. The molecular weight excluding hydrogens is 781 g/mol. The molecule has 6 nitrogen and oxygen atoms in total. The topological polar surface area (TPSA) is 78.9 Å². The van der Waals surface area contributed by atoms with E-state index in [-0.39, 0.29) is 31.1 Å². The summed E-state index contributed by atoms with van der Waals surface area (Å²) in [4.78, 5) is 38.1. The van der Waals surface area contributed by atoms with Gasteiger partial charge in [0.05, 0.1) is 0 Å². The second kappa shape index (κ2) is 51.4. The minimum absolute atomic E-state index is 0.0622. The largest absolute Gasteiger partial charge is 0.462 e. The minimum atomic E-state index is -0.762. The van der Waals surface area contributed by atoms with Crippen LogP contribution in [0.4, 0.5) is 0 Å². The molecule has 0 aromatic carbocycles. The molecular formula is C57H110O6. The highest BCUT2D eigenvalue weighted by molar-refractivity contribution is 5.71. The van der Waals surface area contributed by atoms with Gasteiger partial charge >= 0.3 is 17.9 Å². The SMILES string of the molecule is CCCCCCCCCCCCCCCCCCCC(=O)OC[C@@H](COC(=O)CCCCCCCCCCCCCCCC)OC(=O)CCCCCCCCCCCCC(C)CC. The maximum atomic E-state index is 12.8. The average molecular weight is 892 g/mol. The van der Waals surface area contributed by atoms with Gasteiger partial charge in [-0.15, -0.1) is 0 Å². The standard InChI is InChI=1S/C57H110O6/c1-5-8-10-12-14-16-18-20-22-23-24-26-28-33-37-41-45-49-56(59)62-52-54(63-57(60)50-46-42-38-34-30-29-31-35-39-43-47-53(4)7-3)51-61-55(58)48-44-40-36-32-27-25-21-19-17-15-13-11-9-6-2/h53-54H,5-52H2,1-4H3/t53?,54-/m1/s1. The number of unbranched alkanes of at least 4 members (excludes halogenated alkanes) is 38. The third-order valence-corrected chi connectivity index (χ3v) is 13.4. The normalized spacial score (nSPS) is 12.4. The van der Waals surface area contributed by atoms with Crippen molar-refractivity contribution < 1.29 is 28.6 Å². The van der Waals surface area contributed by atoms with Crippen LogP contribution >= 0.6 is 0 Å². The van der Waals surface area contributed by atoms with Crippen molar-refractivity contribution >= 4 is 17.9 Å². The van der Waals surface area contributed by atoms with Crippen molar-refractivity contribution in [2.24, 2.45) is 5.92 Å². The quantitative estimate of drug-likeness (QED) is 0.0344. The number of carbonyl (C=O) groups is 3. The molecule has 2 atom stereocenters. The number of esters is 3. The van der Waals surface area contributed by atoms with Crippen LogP contribution in [0.2, 0.25) is 0 Å². The minimum Gasteiger partial charge on any atom is -0.462 e. The summed E-state index contributed by atoms with van der Waals surface area (Å²) in [6.07, 6.45) is 55.1. The van der Waals surface area contributed by atoms with E-state index >= 15 is 0 Å². The summed E-state index contributed by atoms with van der Waals surface area (Å²) < 4.78 is 16.9. The van der Waals surface area contributed by atoms with Crippen molar-refractivity contribution in [2.75, 3.05) is 13.2 Å². The third-order valence-electron chi connectivity index (χ3n) is 13.4. The Morgan fingerprint density at radius 2 is 0.556 bits per heavy atom. The molecule has 0 radical (unpaired) electrons. The molecule has 1 unspecified atom stereocenters. The molecule has 0 heterocycles. The lowest BCUT2D eigenvalue weighted by Crippen LogP contribution is -2.30. The Bertz CT molecular complexity index is 951. The summed E-state index contributed by atoms with van der Waals surface area (Å²) in [6, 6.07) is 0. The van der Waals surface area contributed by atoms with E-state index in [0.717, 1.165) is 63.7 Å². The summed E-state index contributed by atoms with van der Waals surface area (Å²) in [6.45, 7) is 9.07. The molecule has 0 N–H and O–H groups in total. The van der Waals surface area contributed by atoms with Gasteiger partial charge in [0.15, 0.2) is 6.10 Å². The molecule has 6 heteroatoms. The molecule has 0 aliphatic rings. The van der Waals surface area contributed by atoms with Gasteiger partial charge < -0.3 is 14.2 Å². The van der Waals surface area contributed by atoms with Crippen LogP contribution in [0.3, 0.4) is 0 Å². The Morgan fingerprint density at radius 3 is 0.825 bits per heavy atom. The van der Waals surface area contributed by atoms with E-state index in [2.05, 4.69) is 27.7 Å². The third kappa shape index (κ3) is 49.7. The molecule has 0 bridgehead atoms. The fourth-order valence-electron chi connectivity index (χ4n) is 8.72. The number of hydrogen-bond donors (Lipinski definition) is 0. The molecule has 0 fully saturated rings. The van der Waals surface area contributed by atoms with Crippen LogP contribution in [0.25, 0.3) is 0 Å². The first kappa shape index (κ1) is 61.4. The predicted octanol–water partition coefficient (Wildman–Crippen LogP) is 18.6. The first-order valence-corrected chi connectivity index (χ1v) is 28.4. The maximum absolute atomic E-state index is 12.8. The molecule has 0 saturated carbocycles. The molecule has 0 spiro atoms. The lowest BCUT2D eigenvalue weighted by molar-refractivity contribution is -0.167. The van der Waals surface area contributed by atoms with E-state index in [1.165, 1.54) is 218 Å². The lowest BCUT2D eigenvalue weighted by atomic mass is 9.99. The van der Waals surface area contributed by atoms with Crippen LogP contribution < -0.4 is 0 Å². The monoisotopic (exact) mass is 891 g/mol. The van der Waals surface area contributed by atoms with Crippen molar-refractivity contribution in [2.45, 2.75) is 329 Å². The maximum Gasteiger partial charge on any atom is 0.306 e. The Hall–Kier alpha value is -1.59. The van der Waals surface area contributed by atoms with Crippen LogP contribution in [-0.4, -0.2) is 37.2 Å². The number of rotatable bonds is 52. The number of ether oxygens (including phenoxy) is 3. The highest BCUT2D eigenvalue weighted by Gasteiger charge is 2.19. The molecule has 0 aromatic heterocycles. The van der Waals surface area contributed by atoms with Crippen LogP contribution in [0.1, 0.15) is 323 Å². The van der Waals surface area contributed by atoms with Gasteiger partial charge in [-0.05, 0) is 25.2 Å². The van der Waals surface area contributed by atoms with E-state index < -0.39 is 6.10 Å². The first-order valence-electron chi connectivity index (χ1n) is 28.4. The highest BCUT2D eigenvalue weighted by Crippen LogP contribution is 2.18. The fraction of sp³-hybridized carbons (Fsp3) is 0.947. The number of carbonyl (C=O) groups excluding carboxylic acids is 3.